The van der Waals surface area contributed by atoms with Gasteiger partial charge < -0.3 is 29.4 Å². The van der Waals surface area contributed by atoms with Crippen LogP contribution in [0.5, 0.6) is 17.2 Å². The Hall–Kier alpha value is -4.30. The molecule has 1 unspecified atom stereocenters. The van der Waals surface area contributed by atoms with Gasteiger partial charge >= 0.3 is 0 Å². The second-order valence-corrected chi connectivity index (χ2v) is 9.64. The fraction of sp³-hybridized carbons (Fsp3) is 0.267. The van der Waals surface area contributed by atoms with Crippen molar-refractivity contribution < 1.29 is 14.2 Å². The number of nitrogens with one attached hydrogen (secondary N) is 2. The first kappa shape index (κ1) is 24.1. The molecule has 1 fully saturated rings. The predicted octanol–water partition coefficient (Wildman–Crippen LogP) is 5.15. The van der Waals surface area contributed by atoms with Gasteiger partial charge in [0, 0.05) is 54.3 Å². The zero-order valence-electron chi connectivity index (χ0n) is 21.5. The summed E-state index contributed by atoms with van der Waals surface area (Å²) in [4.78, 5) is 22.1. The van der Waals surface area contributed by atoms with Gasteiger partial charge in [0.15, 0.2) is 0 Å². The van der Waals surface area contributed by atoms with Crippen molar-refractivity contribution in [3.8, 4) is 28.5 Å². The highest BCUT2D eigenvalue weighted by Gasteiger charge is 2.22. The van der Waals surface area contributed by atoms with E-state index in [1.807, 2.05) is 42.6 Å². The van der Waals surface area contributed by atoms with E-state index in [9.17, 15) is 4.79 Å². The fourth-order valence-electron chi connectivity index (χ4n) is 5.07. The van der Waals surface area contributed by atoms with Crippen molar-refractivity contribution in [2.75, 3.05) is 43.6 Å². The molecular weight excluding hydrogens is 480 g/mol. The molecule has 2 aliphatic rings. The van der Waals surface area contributed by atoms with Gasteiger partial charge in [-0.15, -0.1) is 0 Å². The highest BCUT2D eigenvalue weighted by atomic mass is 16.5. The lowest BCUT2D eigenvalue weighted by molar-refractivity contribution is 0.122. The molecule has 0 bridgehead atoms. The van der Waals surface area contributed by atoms with E-state index in [0.717, 1.165) is 76.1 Å². The number of rotatable bonds is 6. The maximum absolute atomic E-state index is 12.6. The van der Waals surface area contributed by atoms with Gasteiger partial charge in [-0.3, -0.25) is 9.78 Å². The Kier molecular flexibility index (Phi) is 6.47. The first-order valence-corrected chi connectivity index (χ1v) is 12.8. The van der Waals surface area contributed by atoms with Crippen molar-refractivity contribution in [3.05, 3.63) is 94.0 Å². The van der Waals surface area contributed by atoms with Crippen LogP contribution in [-0.2, 0) is 11.2 Å². The minimum atomic E-state index is -0.131. The van der Waals surface area contributed by atoms with E-state index in [1.165, 1.54) is 0 Å². The summed E-state index contributed by atoms with van der Waals surface area (Å²) in [5.41, 5.74) is 6.62. The Bertz CT molecular complexity index is 1530. The molecule has 0 saturated carbocycles. The minimum Gasteiger partial charge on any atom is -0.495 e. The summed E-state index contributed by atoms with van der Waals surface area (Å²) in [6, 6.07) is 18.0. The van der Waals surface area contributed by atoms with E-state index in [1.54, 1.807) is 19.4 Å². The van der Waals surface area contributed by atoms with Gasteiger partial charge in [-0.05, 0) is 54.4 Å². The van der Waals surface area contributed by atoms with Crippen molar-refractivity contribution in [2.24, 2.45) is 0 Å². The Morgan fingerprint density at radius 1 is 1.05 bits per heavy atom. The summed E-state index contributed by atoms with van der Waals surface area (Å²) < 4.78 is 17.2. The summed E-state index contributed by atoms with van der Waals surface area (Å²) in [7, 11) is 1.64. The van der Waals surface area contributed by atoms with E-state index in [-0.39, 0.29) is 11.6 Å². The summed E-state index contributed by atoms with van der Waals surface area (Å²) in [5, 5.41) is 3.56. The third-order valence-electron chi connectivity index (χ3n) is 7.10. The second-order valence-electron chi connectivity index (χ2n) is 9.64. The van der Waals surface area contributed by atoms with Crippen molar-refractivity contribution >= 4 is 11.4 Å². The highest BCUT2D eigenvalue weighted by Crippen LogP contribution is 2.43. The number of hydrogen-bond acceptors (Lipinski definition) is 7. The molecule has 1 atom stereocenters. The van der Waals surface area contributed by atoms with Crippen LogP contribution in [0, 0.1) is 0 Å². The lowest BCUT2D eigenvalue weighted by Gasteiger charge is -2.29. The predicted molar refractivity (Wildman–Crippen MR) is 148 cm³/mol. The second kappa shape index (κ2) is 10.2. The zero-order chi connectivity index (χ0) is 26.1. The molecule has 2 aromatic heterocycles. The number of fused-ring (bicyclic) bond motifs is 2. The standard InChI is InChI=1S/C30H30N4O4/c1-19(22-14-25(36-2)18-31-17-22)32-23-6-7-28-21(13-23)12-20-4-3-5-26(30(20)38-28)27-15-24(16-29(35)33-27)34-8-10-37-11-9-34/h3-7,13-19,32H,8-12H2,1-2H3,(H,33,35). The lowest BCUT2D eigenvalue weighted by atomic mass is 9.96. The van der Waals surface area contributed by atoms with Gasteiger partial charge in [-0.2, -0.15) is 0 Å². The van der Waals surface area contributed by atoms with E-state index in [0.29, 0.717) is 13.2 Å². The van der Waals surface area contributed by atoms with Crippen LogP contribution in [-0.4, -0.2) is 43.4 Å². The molecule has 194 valence electrons. The lowest BCUT2D eigenvalue weighted by Crippen LogP contribution is -2.36. The Morgan fingerprint density at radius 2 is 1.92 bits per heavy atom. The molecular formula is C30H30N4O4. The van der Waals surface area contributed by atoms with Gasteiger partial charge in [-0.25, -0.2) is 0 Å². The molecule has 1 saturated heterocycles. The van der Waals surface area contributed by atoms with E-state index < -0.39 is 0 Å². The average molecular weight is 511 g/mol. The number of ether oxygens (including phenoxy) is 3. The smallest absolute Gasteiger partial charge is 0.250 e. The number of anilines is 2. The summed E-state index contributed by atoms with van der Waals surface area (Å²) >= 11 is 0. The molecule has 4 heterocycles. The minimum absolute atomic E-state index is 0.0506. The quantitative estimate of drug-likeness (QED) is 0.327. The first-order chi connectivity index (χ1) is 18.6. The van der Waals surface area contributed by atoms with Crippen molar-refractivity contribution in [1.82, 2.24) is 9.97 Å². The van der Waals surface area contributed by atoms with Gasteiger partial charge in [0.1, 0.15) is 17.2 Å². The fourth-order valence-corrected chi connectivity index (χ4v) is 5.07. The molecule has 8 heteroatoms. The van der Waals surface area contributed by atoms with Crippen LogP contribution in [0.4, 0.5) is 11.4 Å². The van der Waals surface area contributed by atoms with Crippen LogP contribution in [0.3, 0.4) is 0 Å². The average Bonchev–Trinajstić information content (AvgIpc) is 2.96. The largest absolute Gasteiger partial charge is 0.495 e. The van der Waals surface area contributed by atoms with E-state index in [2.05, 4.69) is 39.2 Å². The molecule has 4 aromatic rings. The number of aromatic amines is 1. The van der Waals surface area contributed by atoms with Crippen LogP contribution in [0.25, 0.3) is 11.3 Å². The molecule has 0 aliphatic carbocycles. The van der Waals surface area contributed by atoms with Gasteiger partial charge in [0.2, 0.25) is 5.56 Å². The van der Waals surface area contributed by atoms with Crippen LogP contribution >= 0.6 is 0 Å². The van der Waals surface area contributed by atoms with Crippen molar-refractivity contribution in [3.63, 3.8) is 0 Å². The maximum atomic E-state index is 12.6. The molecule has 2 N–H and O–H groups in total. The zero-order valence-corrected chi connectivity index (χ0v) is 21.5. The Labute approximate surface area is 221 Å². The third-order valence-corrected chi connectivity index (χ3v) is 7.10. The van der Waals surface area contributed by atoms with Crippen LogP contribution in [0.15, 0.2) is 71.8 Å². The maximum Gasteiger partial charge on any atom is 0.250 e. The number of nitrogens with zero attached hydrogens (tertiary/aromatic N) is 2. The van der Waals surface area contributed by atoms with Crippen LogP contribution in [0.1, 0.15) is 29.7 Å². The number of para-hydroxylation sites is 1. The molecule has 0 spiro atoms. The molecule has 2 aliphatic heterocycles. The molecule has 0 radical (unpaired) electrons. The summed E-state index contributed by atoms with van der Waals surface area (Å²) in [6.45, 7) is 4.95. The number of pyridine rings is 2. The number of aromatic nitrogens is 2. The van der Waals surface area contributed by atoms with E-state index >= 15 is 0 Å². The van der Waals surface area contributed by atoms with Crippen molar-refractivity contribution in [2.45, 2.75) is 19.4 Å². The SMILES string of the molecule is COc1cncc(C(C)Nc2ccc3c(c2)Cc2cccc(-c4cc(N5CCOCC5)cc(=O)[nH]4)c2O3)c1. The number of H-pyrrole nitrogens is 1. The number of benzene rings is 2. The number of hydrogen-bond donors (Lipinski definition) is 2. The molecule has 6 rings (SSSR count). The van der Waals surface area contributed by atoms with Gasteiger partial charge in [-0.1, -0.05) is 12.1 Å². The number of morpholine rings is 1. The normalized spacial score (nSPS) is 15.2. The molecule has 8 nitrogen and oxygen atoms in total. The molecule has 0 amide bonds. The summed E-state index contributed by atoms with van der Waals surface area (Å²) in [6.07, 6.45) is 4.28. The Balaban J connectivity index is 1.26. The first-order valence-electron chi connectivity index (χ1n) is 12.8. The van der Waals surface area contributed by atoms with Gasteiger partial charge in [0.05, 0.1) is 38.3 Å². The molecule has 38 heavy (non-hydrogen) atoms. The summed E-state index contributed by atoms with van der Waals surface area (Å²) in [5.74, 6) is 2.34. The third kappa shape index (κ3) is 4.82. The van der Waals surface area contributed by atoms with Crippen LogP contribution < -0.4 is 25.2 Å². The Morgan fingerprint density at radius 3 is 2.76 bits per heavy atom. The van der Waals surface area contributed by atoms with Crippen LogP contribution in [0.2, 0.25) is 0 Å². The highest BCUT2D eigenvalue weighted by molar-refractivity contribution is 5.74. The monoisotopic (exact) mass is 510 g/mol. The number of methoxy groups -OCH3 is 1. The van der Waals surface area contributed by atoms with Gasteiger partial charge in [0.25, 0.3) is 0 Å². The van der Waals surface area contributed by atoms with Crippen molar-refractivity contribution in [1.29, 1.82) is 0 Å². The van der Waals surface area contributed by atoms with E-state index in [4.69, 9.17) is 14.2 Å². The topological polar surface area (TPSA) is 88.7 Å². The molecule has 2 aromatic carbocycles.